The number of nitrogens with zero attached hydrogens (tertiary/aromatic N) is 3. The summed E-state index contributed by atoms with van der Waals surface area (Å²) in [6.07, 6.45) is 3.76. The average Bonchev–Trinajstić information content (AvgIpc) is 2.63. The molecular weight excluding hydrogens is 178 g/mol. The lowest BCUT2D eigenvalue weighted by atomic mass is 10.2. The zero-order chi connectivity index (χ0) is 10.1. The Morgan fingerprint density at radius 2 is 2.43 bits per heavy atom. The van der Waals surface area contributed by atoms with Gasteiger partial charge in [0.2, 0.25) is 0 Å². The Hall–Kier alpha value is -0.870. The lowest BCUT2D eigenvalue weighted by Gasteiger charge is -2.35. The maximum Gasteiger partial charge on any atom is 0.123 e. The number of aliphatic hydroxyl groups is 1. The van der Waals surface area contributed by atoms with Crippen LogP contribution in [0.3, 0.4) is 0 Å². The number of hydrogen-bond acceptors (Lipinski definition) is 3. The fraction of sp³-hybridized carbons (Fsp3) is 0.700. The molecule has 0 spiro atoms. The van der Waals surface area contributed by atoms with Crippen molar-refractivity contribution in [3.05, 3.63) is 18.2 Å². The first-order valence-corrected chi connectivity index (χ1v) is 5.09. The fourth-order valence-corrected chi connectivity index (χ4v) is 1.94. The number of fused-ring (bicyclic) bond motifs is 1. The molecule has 1 aliphatic heterocycles. The van der Waals surface area contributed by atoms with Gasteiger partial charge in [0, 0.05) is 25.0 Å². The van der Waals surface area contributed by atoms with Crippen molar-refractivity contribution < 1.29 is 5.11 Å². The van der Waals surface area contributed by atoms with Gasteiger partial charge in [0.05, 0.1) is 19.2 Å². The van der Waals surface area contributed by atoms with Gasteiger partial charge in [-0.1, -0.05) is 0 Å². The minimum absolute atomic E-state index is 0.170. The van der Waals surface area contributed by atoms with E-state index in [-0.39, 0.29) is 12.6 Å². The molecule has 4 nitrogen and oxygen atoms in total. The SMILES string of the molecule is CC(C)N1Cc2nccn2C(CO)C1. The molecule has 0 radical (unpaired) electrons. The third-order valence-corrected chi connectivity index (χ3v) is 2.87. The lowest BCUT2D eigenvalue weighted by Crippen LogP contribution is -2.42. The van der Waals surface area contributed by atoms with E-state index in [1.54, 1.807) is 0 Å². The summed E-state index contributed by atoms with van der Waals surface area (Å²) < 4.78 is 2.08. The first-order chi connectivity index (χ1) is 6.72. The van der Waals surface area contributed by atoms with Crippen LogP contribution >= 0.6 is 0 Å². The van der Waals surface area contributed by atoms with Crippen LogP contribution in [-0.4, -0.2) is 38.8 Å². The van der Waals surface area contributed by atoms with Crippen molar-refractivity contribution >= 4 is 0 Å². The quantitative estimate of drug-likeness (QED) is 0.753. The smallest absolute Gasteiger partial charge is 0.123 e. The molecule has 0 saturated carbocycles. The van der Waals surface area contributed by atoms with E-state index >= 15 is 0 Å². The molecule has 0 amide bonds. The maximum absolute atomic E-state index is 9.28. The molecule has 1 atom stereocenters. The van der Waals surface area contributed by atoms with Crippen LogP contribution in [0.1, 0.15) is 25.7 Å². The average molecular weight is 195 g/mol. The van der Waals surface area contributed by atoms with Gasteiger partial charge in [-0.15, -0.1) is 0 Å². The predicted octanol–water partition coefficient (Wildman–Crippen LogP) is 0.641. The van der Waals surface area contributed by atoms with E-state index in [9.17, 15) is 5.11 Å². The largest absolute Gasteiger partial charge is 0.394 e. The van der Waals surface area contributed by atoms with Crippen LogP contribution in [0.4, 0.5) is 0 Å². The van der Waals surface area contributed by atoms with Gasteiger partial charge in [-0.25, -0.2) is 4.98 Å². The molecule has 1 aromatic heterocycles. The van der Waals surface area contributed by atoms with Crippen molar-refractivity contribution in [2.45, 2.75) is 32.5 Å². The molecule has 0 fully saturated rings. The number of rotatable bonds is 2. The molecule has 1 aromatic rings. The van der Waals surface area contributed by atoms with Crippen molar-refractivity contribution in [1.29, 1.82) is 0 Å². The van der Waals surface area contributed by atoms with Gasteiger partial charge in [-0.05, 0) is 13.8 Å². The second-order valence-electron chi connectivity index (χ2n) is 4.11. The van der Waals surface area contributed by atoms with Gasteiger partial charge in [-0.2, -0.15) is 0 Å². The highest BCUT2D eigenvalue weighted by molar-refractivity contribution is 5.00. The minimum atomic E-state index is 0.170. The van der Waals surface area contributed by atoms with E-state index < -0.39 is 0 Å². The van der Waals surface area contributed by atoms with Crippen molar-refractivity contribution in [3.8, 4) is 0 Å². The van der Waals surface area contributed by atoms with E-state index in [1.807, 2.05) is 12.4 Å². The molecule has 1 aliphatic rings. The standard InChI is InChI=1S/C10H17N3O/c1-8(2)12-5-9(7-14)13-4-3-11-10(13)6-12/h3-4,8-9,14H,5-7H2,1-2H3. The van der Waals surface area contributed by atoms with Crippen LogP contribution < -0.4 is 0 Å². The number of aliphatic hydroxyl groups excluding tert-OH is 1. The summed E-state index contributed by atoms with van der Waals surface area (Å²) in [5.74, 6) is 1.06. The van der Waals surface area contributed by atoms with Gasteiger partial charge in [0.1, 0.15) is 5.82 Å². The first-order valence-electron chi connectivity index (χ1n) is 5.09. The van der Waals surface area contributed by atoms with Gasteiger partial charge >= 0.3 is 0 Å². The summed E-state index contributed by atoms with van der Waals surface area (Å²) in [6.45, 7) is 6.34. The second kappa shape index (κ2) is 3.71. The molecule has 0 aliphatic carbocycles. The zero-order valence-electron chi connectivity index (χ0n) is 8.72. The van der Waals surface area contributed by atoms with Crippen LogP contribution in [0.25, 0.3) is 0 Å². The Labute approximate surface area is 84.2 Å². The van der Waals surface area contributed by atoms with E-state index in [0.717, 1.165) is 18.9 Å². The Bertz CT molecular complexity index is 308. The van der Waals surface area contributed by atoms with Crippen molar-refractivity contribution in [2.24, 2.45) is 0 Å². The van der Waals surface area contributed by atoms with Gasteiger partial charge < -0.3 is 9.67 Å². The van der Waals surface area contributed by atoms with Gasteiger partial charge in [0.25, 0.3) is 0 Å². The molecule has 14 heavy (non-hydrogen) atoms. The molecular formula is C10H17N3O. The Balaban J connectivity index is 2.24. The monoisotopic (exact) mass is 195 g/mol. The number of imidazole rings is 1. The zero-order valence-corrected chi connectivity index (χ0v) is 8.72. The summed E-state index contributed by atoms with van der Waals surface area (Å²) >= 11 is 0. The summed E-state index contributed by atoms with van der Waals surface area (Å²) in [5.41, 5.74) is 0. The highest BCUT2D eigenvalue weighted by Crippen LogP contribution is 2.20. The molecule has 78 valence electrons. The van der Waals surface area contributed by atoms with E-state index in [2.05, 4.69) is 28.3 Å². The molecule has 4 heteroatoms. The van der Waals surface area contributed by atoms with E-state index in [1.165, 1.54) is 0 Å². The summed E-state index contributed by atoms with van der Waals surface area (Å²) in [6, 6.07) is 0.679. The highest BCUT2D eigenvalue weighted by Gasteiger charge is 2.25. The highest BCUT2D eigenvalue weighted by atomic mass is 16.3. The summed E-state index contributed by atoms with van der Waals surface area (Å²) in [5, 5.41) is 9.28. The van der Waals surface area contributed by atoms with Crippen LogP contribution in [0.15, 0.2) is 12.4 Å². The van der Waals surface area contributed by atoms with Crippen molar-refractivity contribution in [2.75, 3.05) is 13.2 Å². The topological polar surface area (TPSA) is 41.3 Å². The normalized spacial score (nSPS) is 22.7. The predicted molar refractivity (Wildman–Crippen MR) is 53.9 cm³/mol. The van der Waals surface area contributed by atoms with E-state index in [4.69, 9.17) is 0 Å². The molecule has 0 bridgehead atoms. The van der Waals surface area contributed by atoms with Crippen LogP contribution in [0.2, 0.25) is 0 Å². The Morgan fingerprint density at radius 1 is 1.64 bits per heavy atom. The number of hydrogen-bond donors (Lipinski definition) is 1. The maximum atomic E-state index is 9.28. The molecule has 0 aromatic carbocycles. The Morgan fingerprint density at radius 3 is 3.07 bits per heavy atom. The van der Waals surface area contributed by atoms with Crippen LogP contribution in [0, 0.1) is 0 Å². The third-order valence-electron chi connectivity index (χ3n) is 2.87. The lowest BCUT2D eigenvalue weighted by molar-refractivity contribution is 0.107. The molecule has 2 heterocycles. The summed E-state index contributed by atoms with van der Waals surface area (Å²) in [7, 11) is 0. The molecule has 1 N–H and O–H groups in total. The van der Waals surface area contributed by atoms with Crippen LogP contribution in [0.5, 0.6) is 0 Å². The van der Waals surface area contributed by atoms with E-state index in [0.29, 0.717) is 6.04 Å². The van der Waals surface area contributed by atoms with Gasteiger partial charge in [-0.3, -0.25) is 4.90 Å². The van der Waals surface area contributed by atoms with Crippen molar-refractivity contribution in [1.82, 2.24) is 14.5 Å². The molecule has 1 unspecified atom stereocenters. The second-order valence-corrected chi connectivity index (χ2v) is 4.11. The Kier molecular flexibility index (Phi) is 2.56. The molecule has 2 rings (SSSR count). The third kappa shape index (κ3) is 1.55. The molecule has 0 saturated heterocycles. The van der Waals surface area contributed by atoms with Crippen molar-refractivity contribution in [3.63, 3.8) is 0 Å². The van der Waals surface area contributed by atoms with Gasteiger partial charge in [0.15, 0.2) is 0 Å². The fourth-order valence-electron chi connectivity index (χ4n) is 1.94. The van der Waals surface area contributed by atoms with Crippen LogP contribution in [-0.2, 0) is 6.54 Å². The first kappa shape index (κ1) is 9.68. The number of aromatic nitrogens is 2. The summed E-state index contributed by atoms with van der Waals surface area (Å²) in [4.78, 5) is 6.63. The minimum Gasteiger partial charge on any atom is -0.394 e.